The van der Waals surface area contributed by atoms with Crippen molar-refractivity contribution in [2.45, 2.75) is 32.7 Å². The normalized spacial score (nSPS) is 11.2. The molecule has 0 spiro atoms. The average molecular weight is 437 g/mol. The van der Waals surface area contributed by atoms with Gasteiger partial charge in [-0.3, -0.25) is 0 Å². The Morgan fingerprint density at radius 1 is 0.848 bits per heavy atom. The summed E-state index contributed by atoms with van der Waals surface area (Å²) in [6, 6.07) is 26.7. The zero-order chi connectivity index (χ0) is 22.6. The van der Waals surface area contributed by atoms with Crippen molar-refractivity contribution in [3.8, 4) is 34.1 Å². The number of aromatic nitrogens is 4. The van der Waals surface area contributed by atoms with Crippen LogP contribution in [-0.2, 0) is 6.54 Å². The molecule has 33 heavy (non-hydrogen) atoms. The molecule has 0 bridgehead atoms. The molecule has 3 aromatic carbocycles. The van der Waals surface area contributed by atoms with E-state index in [2.05, 4.69) is 60.2 Å². The monoisotopic (exact) mass is 436 g/mol. The molecule has 0 amide bonds. The molecule has 0 saturated heterocycles. The van der Waals surface area contributed by atoms with Crippen molar-refractivity contribution < 1.29 is 4.74 Å². The third-order valence-corrected chi connectivity index (χ3v) is 5.98. The van der Waals surface area contributed by atoms with Gasteiger partial charge in [-0.25, -0.2) is 9.67 Å². The number of fused-ring (bicyclic) bond motifs is 1. The summed E-state index contributed by atoms with van der Waals surface area (Å²) in [7, 11) is 1.68. The largest absolute Gasteiger partial charge is 0.497 e. The predicted molar refractivity (Wildman–Crippen MR) is 134 cm³/mol. The van der Waals surface area contributed by atoms with E-state index < -0.39 is 0 Å². The van der Waals surface area contributed by atoms with E-state index in [9.17, 15) is 0 Å². The first-order valence-corrected chi connectivity index (χ1v) is 11.5. The Balaban J connectivity index is 1.70. The first-order chi connectivity index (χ1) is 16.3. The van der Waals surface area contributed by atoms with Gasteiger partial charge in [0.25, 0.3) is 0 Å². The number of para-hydroxylation sites is 3. The van der Waals surface area contributed by atoms with Crippen LogP contribution in [0.15, 0.2) is 85.1 Å². The van der Waals surface area contributed by atoms with E-state index in [1.807, 2.05) is 41.1 Å². The molecule has 0 aliphatic carbocycles. The van der Waals surface area contributed by atoms with E-state index in [0.29, 0.717) is 0 Å². The van der Waals surface area contributed by atoms with Crippen molar-refractivity contribution in [1.29, 1.82) is 0 Å². The summed E-state index contributed by atoms with van der Waals surface area (Å²) in [6.07, 6.45) is 5.60. The molecular formula is C28H28N4O. The van der Waals surface area contributed by atoms with Gasteiger partial charge in [-0.2, -0.15) is 5.10 Å². The lowest BCUT2D eigenvalue weighted by Crippen LogP contribution is -2.01. The average Bonchev–Trinajstić information content (AvgIpc) is 3.47. The number of imidazole rings is 1. The van der Waals surface area contributed by atoms with E-state index >= 15 is 0 Å². The first kappa shape index (κ1) is 21.0. The van der Waals surface area contributed by atoms with Crippen molar-refractivity contribution in [2.24, 2.45) is 0 Å². The molecule has 5 aromatic rings. The van der Waals surface area contributed by atoms with Gasteiger partial charge in [0.15, 0.2) is 0 Å². The number of ether oxygens (including phenoxy) is 1. The lowest BCUT2D eigenvalue weighted by Gasteiger charge is -2.09. The second kappa shape index (κ2) is 9.33. The van der Waals surface area contributed by atoms with Crippen molar-refractivity contribution in [3.63, 3.8) is 0 Å². The van der Waals surface area contributed by atoms with Gasteiger partial charge >= 0.3 is 0 Å². The van der Waals surface area contributed by atoms with Gasteiger partial charge in [-0.15, -0.1) is 0 Å². The number of aryl methyl sites for hydroxylation is 1. The first-order valence-electron chi connectivity index (χ1n) is 11.5. The highest BCUT2D eigenvalue weighted by Gasteiger charge is 2.20. The van der Waals surface area contributed by atoms with Gasteiger partial charge in [0.2, 0.25) is 0 Å². The molecule has 5 rings (SSSR count). The fourth-order valence-electron chi connectivity index (χ4n) is 4.24. The summed E-state index contributed by atoms with van der Waals surface area (Å²) in [5.41, 5.74) is 6.17. The SMILES string of the molecule is CCCCCn1c(-c2cn(-c3ccccc3)nc2-c2ccc(OC)cc2)nc2ccccc21. The third-order valence-electron chi connectivity index (χ3n) is 5.98. The molecule has 0 atom stereocenters. The van der Waals surface area contributed by atoms with Crippen LogP contribution in [0, 0.1) is 0 Å². The van der Waals surface area contributed by atoms with E-state index in [1.54, 1.807) is 7.11 Å². The van der Waals surface area contributed by atoms with Gasteiger partial charge in [0.05, 0.1) is 29.4 Å². The zero-order valence-corrected chi connectivity index (χ0v) is 19.1. The Labute approximate surface area is 194 Å². The van der Waals surface area contributed by atoms with Crippen LogP contribution < -0.4 is 4.74 Å². The maximum Gasteiger partial charge on any atom is 0.144 e. The minimum Gasteiger partial charge on any atom is -0.497 e. The zero-order valence-electron chi connectivity index (χ0n) is 19.1. The van der Waals surface area contributed by atoms with Crippen molar-refractivity contribution in [1.82, 2.24) is 19.3 Å². The molecule has 0 fully saturated rings. The maximum atomic E-state index is 5.37. The molecule has 166 valence electrons. The molecular weight excluding hydrogens is 408 g/mol. The van der Waals surface area contributed by atoms with Gasteiger partial charge < -0.3 is 9.30 Å². The molecule has 2 heterocycles. The van der Waals surface area contributed by atoms with Gasteiger partial charge in [-0.1, -0.05) is 50.1 Å². The standard InChI is InChI=1S/C28H28N4O/c1-3-4-10-19-31-26-14-9-8-13-25(26)29-28(31)24-20-32(22-11-6-5-7-12-22)30-27(24)21-15-17-23(33-2)18-16-21/h5-9,11-18,20H,3-4,10,19H2,1-2H3. The van der Waals surface area contributed by atoms with Crippen LogP contribution in [0.25, 0.3) is 39.4 Å². The van der Waals surface area contributed by atoms with E-state index in [0.717, 1.165) is 58.1 Å². The number of hydrogen-bond donors (Lipinski definition) is 0. The van der Waals surface area contributed by atoms with Crippen LogP contribution in [-0.4, -0.2) is 26.4 Å². The number of unbranched alkanes of at least 4 members (excludes halogenated alkanes) is 2. The van der Waals surface area contributed by atoms with Crippen molar-refractivity contribution in [3.05, 3.63) is 85.1 Å². The Bertz CT molecular complexity index is 1350. The molecule has 5 nitrogen and oxygen atoms in total. The summed E-state index contributed by atoms with van der Waals surface area (Å²) in [5, 5.41) is 5.01. The smallest absolute Gasteiger partial charge is 0.144 e. The number of rotatable bonds is 8. The third kappa shape index (κ3) is 4.14. The maximum absolute atomic E-state index is 5.37. The van der Waals surface area contributed by atoms with Crippen LogP contribution in [0.5, 0.6) is 5.75 Å². The van der Waals surface area contributed by atoms with Gasteiger partial charge in [0, 0.05) is 18.3 Å². The van der Waals surface area contributed by atoms with Crippen molar-refractivity contribution in [2.75, 3.05) is 7.11 Å². The van der Waals surface area contributed by atoms with Crippen molar-refractivity contribution >= 4 is 11.0 Å². The fourth-order valence-corrected chi connectivity index (χ4v) is 4.24. The quantitative estimate of drug-likeness (QED) is 0.253. The number of methoxy groups -OCH3 is 1. The summed E-state index contributed by atoms with van der Waals surface area (Å²) in [5.74, 6) is 1.79. The lowest BCUT2D eigenvalue weighted by atomic mass is 10.1. The Morgan fingerprint density at radius 3 is 2.36 bits per heavy atom. The molecule has 0 unspecified atom stereocenters. The summed E-state index contributed by atoms with van der Waals surface area (Å²) in [4.78, 5) is 5.07. The highest BCUT2D eigenvalue weighted by Crippen LogP contribution is 2.34. The molecule has 0 saturated carbocycles. The van der Waals surface area contributed by atoms with E-state index in [-0.39, 0.29) is 0 Å². The van der Waals surface area contributed by atoms with Crippen LogP contribution in [0.1, 0.15) is 26.2 Å². The second-order valence-corrected chi connectivity index (χ2v) is 8.18. The Kier molecular flexibility index (Phi) is 5.94. The molecule has 5 heteroatoms. The Hall–Kier alpha value is -3.86. The number of benzene rings is 3. The minimum absolute atomic E-state index is 0.828. The van der Waals surface area contributed by atoms with Gasteiger partial charge in [0.1, 0.15) is 17.3 Å². The lowest BCUT2D eigenvalue weighted by molar-refractivity contribution is 0.415. The molecule has 0 aliphatic rings. The molecule has 0 radical (unpaired) electrons. The molecule has 0 aliphatic heterocycles. The fraction of sp³-hybridized carbons (Fsp3) is 0.214. The van der Waals surface area contributed by atoms with Crippen LogP contribution in [0.2, 0.25) is 0 Å². The van der Waals surface area contributed by atoms with E-state index in [1.165, 1.54) is 12.8 Å². The number of nitrogens with zero attached hydrogens (tertiary/aromatic N) is 4. The second-order valence-electron chi connectivity index (χ2n) is 8.18. The highest BCUT2D eigenvalue weighted by atomic mass is 16.5. The molecule has 0 N–H and O–H groups in total. The highest BCUT2D eigenvalue weighted by molar-refractivity contribution is 5.85. The van der Waals surface area contributed by atoms with E-state index in [4.69, 9.17) is 14.8 Å². The summed E-state index contributed by atoms with van der Waals surface area (Å²) >= 11 is 0. The van der Waals surface area contributed by atoms with Gasteiger partial charge in [-0.05, 0) is 55.0 Å². The molecule has 2 aromatic heterocycles. The minimum atomic E-state index is 0.828. The Morgan fingerprint density at radius 2 is 1.61 bits per heavy atom. The van der Waals surface area contributed by atoms with Crippen LogP contribution >= 0.6 is 0 Å². The topological polar surface area (TPSA) is 44.9 Å². The summed E-state index contributed by atoms with van der Waals surface area (Å²) < 4.78 is 9.67. The predicted octanol–water partition coefficient (Wildman–Crippen LogP) is 6.75. The van der Waals surface area contributed by atoms with Crippen LogP contribution in [0.3, 0.4) is 0 Å². The van der Waals surface area contributed by atoms with Crippen LogP contribution in [0.4, 0.5) is 0 Å². The summed E-state index contributed by atoms with van der Waals surface area (Å²) in [6.45, 7) is 3.17. The number of hydrogen-bond acceptors (Lipinski definition) is 3.